The van der Waals surface area contributed by atoms with Crippen molar-refractivity contribution in [2.75, 3.05) is 12.8 Å². The molecular formula is C27H26Cl2N2O5S. The number of halogens is 2. The van der Waals surface area contributed by atoms with Crippen LogP contribution in [0, 0.1) is 0 Å². The molecule has 0 saturated heterocycles. The average Bonchev–Trinajstić information content (AvgIpc) is 2.87. The Hall–Kier alpha value is -2.91. The van der Waals surface area contributed by atoms with Crippen molar-refractivity contribution in [3.63, 3.8) is 0 Å². The Labute approximate surface area is 226 Å². The molecule has 194 valence electrons. The number of ether oxygens (including phenoxy) is 1. The number of esters is 1. The van der Waals surface area contributed by atoms with E-state index in [0.29, 0.717) is 18.5 Å². The molecule has 4 rings (SSSR count). The van der Waals surface area contributed by atoms with Crippen molar-refractivity contribution in [1.29, 1.82) is 0 Å². The van der Waals surface area contributed by atoms with Gasteiger partial charge in [-0.25, -0.2) is 13.2 Å². The van der Waals surface area contributed by atoms with E-state index in [1.165, 1.54) is 12.1 Å². The van der Waals surface area contributed by atoms with E-state index in [2.05, 4.69) is 10.6 Å². The van der Waals surface area contributed by atoms with Crippen LogP contribution >= 0.6 is 23.2 Å². The fraction of sp³-hybridized carbons (Fsp3) is 0.259. The molecule has 0 saturated carbocycles. The van der Waals surface area contributed by atoms with Crippen molar-refractivity contribution in [3.05, 3.63) is 98.5 Å². The highest BCUT2D eigenvalue weighted by atomic mass is 35.5. The maximum absolute atomic E-state index is 13.4. The molecule has 1 atom stereocenters. The maximum Gasteiger partial charge on any atom is 0.329 e. The van der Waals surface area contributed by atoms with Gasteiger partial charge >= 0.3 is 5.97 Å². The second kappa shape index (κ2) is 11.6. The van der Waals surface area contributed by atoms with E-state index in [-0.39, 0.29) is 33.5 Å². The second-order valence-corrected chi connectivity index (χ2v) is 11.7. The Morgan fingerprint density at radius 1 is 1.05 bits per heavy atom. The molecule has 3 aromatic carbocycles. The summed E-state index contributed by atoms with van der Waals surface area (Å²) in [5, 5.41) is 6.40. The zero-order chi connectivity index (χ0) is 26.6. The number of carbonyl (C=O) groups is 2. The van der Waals surface area contributed by atoms with Gasteiger partial charge in [-0.15, -0.1) is 0 Å². The Kier molecular flexibility index (Phi) is 8.54. The van der Waals surface area contributed by atoms with Crippen molar-refractivity contribution in [2.24, 2.45) is 0 Å². The van der Waals surface area contributed by atoms with Gasteiger partial charge in [0.25, 0.3) is 5.91 Å². The molecule has 1 amide bonds. The second-order valence-electron chi connectivity index (χ2n) is 8.85. The van der Waals surface area contributed by atoms with Crippen LogP contribution in [-0.2, 0) is 45.4 Å². The molecule has 37 heavy (non-hydrogen) atoms. The van der Waals surface area contributed by atoms with Gasteiger partial charge in [-0.1, -0.05) is 65.7 Å². The molecule has 1 aliphatic rings. The number of hydrogen-bond donors (Lipinski definition) is 2. The van der Waals surface area contributed by atoms with Crippen LogP contribution in [0.15, 0.2) is 65.6 Å². The van der Waals surface area contributed by atoms with Crippen LogP contribution < -0.4 is 10.6 Å². The molecular weight excluding hydrogens is 535 g/mol. The van der Waals surface area contributed by atoms with Gasteiger partial charge in [0.2, 0.25) is 0 Å². The Morgan fingerprint density at radius 3 is 2.51 bits per heavy atom. The van der Waals surface area contributed by atoms with E-state index >= 15 is 0 Å². The smallest absolute Gasteiger partial charge is 0.329 e. The largest absolute Gasteiger partial charge is 0.459 e. The number of sulfone groups is 1. The zero-order valence-corrected chi connectivity index (χ0v) is 22.4. The Morgan fingerprint density at radius 2 is 1.78 bits per heavy atom. The number of benzene rings is 3. The molecule has 0 aromatic heterocycles. The summed E-state index contributed by atoms with van der Waals surface area (Å²) in [4.78, 5) is 26.6. The molecule has 10 heteroatoms. The van der Waals surface area contributed by atoms with Crippen LogP contribution in [0.4, 0.5) is 0 Å². The first kappa shape index (κ1) is 27.1. The van der Waals surface area contributed by atoms with Crippen LogP contribution in [-0.4, -0.2) is 39.1 Å². The third kappa shape index (κ3) is 6.70. The Balaban J connectivity index is 1.61. The molecule has 2 N–H and O–H groups in total. The van der Waals surface area contributed by atoms with E-state index in [1.807, 2.05) is 30.3 Å². The van der Waals surface area contributed by atoms with E-state index in [0.717, 1.165) is 29.5 Å². The fourth-order valence-corrected chi connectivity index (χ4v) is 5.63. The third-order valence-corrected chi connectivity index (χ3v) is 7.91. The third-order valence-electron chi connectivity index (χ3n) is 6.09. The van der Waals surface area contributed by atoms with E-state index in [4.69, 9.17) is 27.9 Å². The molecule has 1 aliphatic heterocycles. The highest BCUT2D eigenvalue weighted by Gasteiger charge is 2.28. The standard InChI is InChI=1S/C27H26Cl2N2O5S/c1-37(34,35)20-9-5-8-18(12-20)13-23(27(33)36-16-17-6-3-2-4-7-17)31-26(32)24-22(28)14-19-15-30-11-10-21(19)25(24)29/h2-9,12,14,23,30H,10-11,13,15-16H2,1H3,(H,31,32). The first-order chi connectivity index (χ1) is 17.6. The SMILES string of the molecule is CS(=O)(=O)c1cccc(CC(NC(=O)c2c(Cl)cc3c(c2Cl)CCNC3)C(=O)OCc2ccccc2)c1. The van der Waals surface area contributed by atoms with Crippen LogP contribution in [0.5, 0.6) is 0 Å². The molecule has 1 unspecified atom stereocenters. The predicted molar refractivity (Wildman–Crippen MR) is 143 cm³/mol. The van der Waals surface area contributed by atoms with E-state index in [1.54, 1.807) is 18.2 Å². The van der Waals surface area contributed by atoms with Gasteiger partial charge < -0.3 is 15.4 Å². The topological polar surface area (TPSA) is 102 Å². The summed E-state index contributed by atoms with van der Waals surface area (Å²) < 4.78 is 29.5. The maximum atomic E-state index is 13.4. The quantitative estimate of drug-likeness (QED) is 0.402. The van der Waals surface area contributed by atoms with Gasteiger partial charge in [0, 0.05) is 19.2 Å². The van der Waals surface area contributed by atoms with Crippen molar-refractivity contribution in [2.45, 2.75) is 36.9 Å². The van der Waals surface area contributed by atoms with Crippen LogP contribution in [0.2, 0.25) is 10.0 Å². The number of rotatable bonds is 8. The molecule has 0 radical (unpaired) electrons. The number of hydrogen-bond acceptors (Lipinski definition) is 6. The van der Waals surface area contributed by atoms with E-state index < -0.39 is 27.8 Å². The minimum absolute atomic E-state index is 0.00677. The lowest BCUT2D eigenvalue weighted by atomic mass is 9.97. The highest BCUT2D eigenvalue weighted by Crippen LogP contribution is 2.33. The number of carbonyl (C=O) groups excluding carboxylic acids is 2. The van der Waals surface area contributed by atoms with Gasteiger partial charge in [-0.2, -0.15) is 0 Å². The normalized spacial score (nSPS) is 13.9. The highest BCUT2D eigenvalue weighted by molar-refractivity contribution is 7.90. The summed E-state index contributed by atoms with van der Waals surface area (Å²) >= 11 is 13.0. The number of amides is 1. The van der Waals surface area contributed by atoms with Crippen LogP contribution in [0.3, 0.4) is 0 Å². The summed E-state index contributed by atoms with van der Waals surface area (Å²) in [6.07, 6.45) is 1.76. The zero-order valence-electron chi connectivity index (χ0n) is 20.1. The first-order valence-corrected chi connectivity index (χ1v) is 14.3. The summed E-state index contributed by atoms with van der Waals surface area (Å²) in [5.41, 5.74) is 3.19. The van der Waals surface area contributed by atoms with Crippen molar-refractivity contribution >= 4 is 44.9 Å². The monoisotopic (exact) mass is 560 g/mol. The van der Waals surface area contributed by atoms with Gasteiger partial charge in [-0.3, -0.25) is 4.79 Å². The van der Waals surface area contributed by atoms with Gasteiger partial charge in [-0.05, 0) is 53.4 Å². The average molecular weight is 561 g/mol. The summed E-state index contributed by atoms with van der Waals surface area (Å²) in [6.45, 7) is 1.34. The lowest BCUT2D eigenvalue weighted by Crippen LogP contribution is -2.43. The van der Waals surface area contributed by atoms with Gasteiger partial charge in [0.15, 0.2) is 9.84 Å². The summed E-state index contributed by atoms with van der Waals surface area (Å²) in [7, 11) is -3.46. The lowest BCUT2D eigenvalue weighted by Gasteiger charge is -2.23. The lowest BCUT2D eigenvalue weighted by molar-refractivity contribution is -0.147. The molecule has 7 nitrogen and oxygen atoms in total. The molecule has 0 aliphatic carbocycles. The fourth-order valence-electron chi connectivity index (χ4n) is 4.17. The Bertz CT molecular complexity index is 1430. The number of fused-ring (bicyclic) bond motifs is 1. The van der Waals surface area contributed by atoms with Gasteiger partial charge in [0.1, 0.15) is 12.6 Å². The van der Waals surface area contributed by atoms with Crippen molar-refractivity contribution in [1.82, 2.24) is 10.6 Å². The first-order valence-electron chi connectivity index (χ1n) is 11.6. The number of nitrogens with one attached hydrogen (secondary N) is 2. The minimum atomic E-state index is -3.46. The van der Waals surface area contributed by atoms with Crippen LogP contribution in [0.1, 0.15) is 32.6 Å². The van der Waals surface area contributed by atoms with Crippen molar-refractivity contribution in [3.8, 4) is 0 Å². The van der Waals surface area contributed by atoms with Crippen LogP contribution in [0.25, 0.3) is 0 Å². The van der Waals surface area contributed by atoms with E-state index in [9.17, 15) is 18.0 Å². The van der Waals surface area contributed by atoms with Gasteiger partial charge in [0.05, 0.1) is 20.5 Å². The molecule has 3 aromatic rings. The van der Waals surface area contributed by atoms with Crippen molar-refractivity contribution < 1.29 is 22.7 Å². The molecule has 0 fully saturated rings. The summed E-state index contributed by atoms with van der Waals surface area (Å²) in [5.74, 6) is -1.28. The minimum Gasteiger partial charge on any atom is -0.459 e. The summed E-state index contributed by atoms with van der Waals surface area (Å²) in [6, 6.07) is 16.0. The molecule has 0 bridgehead atoms. The molecule has 0 spiro atoms. The molecule has 1 heterocycles. The predicted octanol–water partition coefficient (Wildman–Crippen LogP) is 4.13.